The van der Waals surface area contributed by atoms with Gasteiger partial charge in [0.1, 0.15) is 5.82 Å². The summed E-state index contributed by atoms with van der Waals surface area (Å²) in [5, 5.41) is 0. The highest BCUT2D eigenvalue weighted by Gasteiger charge is 2.24. The topological polar surface area (TPSA) is 66.5 Å². The Morgan fingerprint density at radius 2 is 2.23 bits per heavy atom. The Kier molecular flexibility index (Phi) is 5.31. The first-order valence-electron chi connectivity index (χ1n) is 7.03. The molecule has 22 heavy (non-hydrogen) atoms. The van der Waals surface area contributed by atoms with Crippen LogP contribution in [-0.2, 0) is 14.8 Å². The minimum atomic E-state index is -3.28. The van der Waals surface area contributed by atoms with Crippen molar-refractivity contribution in [3.63, 3.8) is 0 Å². The van der Waals surface area contributed by atoms with Gasteiger partial charge in [-0.3, -0.25) is 4.79 Å². The summed E-state index contributed by atoms with van der Waals surface area (Å²) >= 11 is 0. The number of carbonyl (C=O) groups is 1. The lowest BCUT2D eigenvalue weighted by Crippen LogP contribution is -2.48. The maximum Gasteiger partial charge on any atom is 0.246 e. The number of nitrogens with one attached hydrogen (secondary N) is 1. The van der Waals surface area contributed by atoms with Crippen molar-refractivity contribution in [1.29, 1.82) is 0 Å². The Morgan fingerprint density at radius 3 is 2.91 bits per heavy atom. The molecule has 7 heteroatoms. The Bertz CT molecular complexity index is 673. The van der Waals surface area contributed by atoms with E-state index in [0.717, 1.165) is 12.7 Å². The molecular weight excluding hydrogens is 307 g/mol. The maximum absolute atomic E-state index is 13.1. The van der Waals surface area contributed by atoms with Crippen molar-refractivity contribution in [2.24, 2.45) is 0 Å². The van der Waals surface area contributed by atoms with Gasteiger partial charge in [-0.2, -0.15) is 0 Å². The fourth-order valence-electron chi connectivity index (χ4n) is 2.46. The lowest BCUT2D eigenvalue weighted by molar-refractivity contribution is -0.127. The number of halogens is 1. The molecule has 0 aromatic heterocycles. The zero-order chi connectivity index (χ0) is 16.2. The van der Waals surface area contributed by atoms with Crippen LogP contribution in [0.1, 0.15) is 18.4 Å². The normalized spacial score (nSPS) is 19.5. The van der Waals surface area contributed by atoms with Crippen LogP contribution in [0, 0.1) is 5.82 Å². The average Bonchev–Trinajstić information content (AvgIpc) is 2.43. The number of amides is 1. The number of sulfonamides is 1. The minimum Gasteiger partial charge on any atom is -0.338 e. The summed E-state index contributed by atoms with van der Waals surface area (Å²) in [6.07, 6.45) is 5.51. The summed E-state index contributed by atoms with van der Waals surface area (Å²) in [5.74, 6) is -0.561. The molecule has 1 aliphatic rings. The van der Waals surface area contributed by atoms with E-state index >= 15 is 0 Å². The van der Waals surface area contributed by atoms with Crippen LogP contribution in [0.2, 0.25) is 0 Å². The second-order valence-corrected chi connectivity index (χ2v) is 7.18. The fraction of sp³-hybridized carbons (Fsp3) is 0.400. The van der Waals surface area contributed by atoms with Gasteiger partial charge in [-0.1, -0.05) is 12.1 Å². The van der Waals surface area contributed by atoms with Crippen molar-refractivity contribution in [1.82, 2.24) is 9.62 Å². The molecule has 1 heterocycles. The van der Waals surface area contributed by atoms with Crippen molar-refractivity contribution in [2.45, 2.75) is 18.9 Å². The molecule has 0 spiro atoms. The van der Waals surface area contributed by atoms with Crippen LogP contribution >= 0.6 is 0 Å². The predicted octanol–water partition coefficient (Wildman–Crippen LogP) is 1.38. The highest BCUT2D eigenvalue weighted by molar-refractivity contribution is 7.88. The maximum atomic E-state index is 13.1. The van der Waals surface area contributed by atoms with Gasteiger partial charge in [-0.05, 0) is 36.6 Å². The van der Waals surface area contributed by atoms with Gasteiger partial charge in [0.2, 0.25) is 15.9 Å². The Morgan fingerprint density at radius 1 is 1.45 bits per heavy atom. The van der Waals surface area contributed by atoms with E-state index in [2.05, 4.69) is 4.72 Å². The van der Waals surface area contributed by atoms with E-state index in [1.165, 1.54) is 18.2 Å². The largest absolute Gasteiger partial charge is 0.338 e. The van der Waals surface area contributed by atoms with Crippen molar-refractivity contribution < 1.29 is 17.6 Å². The molecule has 120 valence electrons. The van der Waals surface area contributed by atoms with Gasteiger partial charge in [-0.25, -0.2) is 17.5 Å². The van der Waals surface area contributed by atoms with E-state index < -0.39 is 10.0 Å². The molecule has 0 radical (unpaired) electrons. The zero-order valence-electron chi connectivity index (χ0n) is 12.3. The first-order chi connectivity index (χ1) is 10.3. The van der Waals surface area contributed by atoms with Gasteiger partial charge in [0, 0.05) is 25.2 Å². The molecule has 1 aromatic carbocycles. The highest BCUT2D eigenvalue weighted by Crippen LogP contribution is 2.12. The van der Waals surface area contributed by atoms with Crippen LogP contribution in [0.5, 0.6) is 0 Å². The van der Waals surface area contributed by atoms with Crippen molar-refractivity contribution in [2.75, 3.05) is 19.3 Å². The number of likely N-dealkylation sites (tertiary alicyclic amines) is 1. The van der Waals surface area contributed by atoms with Crippen LogP contribution in [0.15, 0.2) is 30.3 Å². The van der Waals surface area contributed by atoms with Crippen LogP contribution in [0.25, 0.3) is 6.08 Å². The van der Waals surface area contributed by atoms with E-state index in [4.69, 9.17) is 0 Å². The molecule has 0 saturated carbocycles. The third kappa shape index (κ3) is 5.23. The number of rotatable bonds is 4. The summed E-state index contributed by atoms with van der Waals surface area (Å²) in [7, 11) is -3.28. The molecule has 5 nitrogen and oxygen atoms in total. The van der Waals surface area contributed by atoms with Gasteiger partial charge in [0.25, 0.3) is 0 Å². The zero-order valence-corrected chi connectivity index (χ0v) is 13.1. The van der Waals surface area contributed by atoms with E-state index in [1.807, 2.05) is 0 Å². The number of piperidine rings is 1. The Labute approximate surface area is 129 Å². The predicted molar refractivity (Wildman–Crippen MR) is 83.0 cm³/mol. The molecule has 1 atom stereocenters. The minimum absolute atomic E-state index is 0.204. The van der Waals surface area contributed by atoms with E-state index in [1.54, 1.807) is 23.1 Å². The number of hydrogen-bond donors (Lipinski definition) is 1. The molecule has 1 aromatic rings. The Balaban J connectivity index is 1.97. The van der Waals surface area contributed by atoms with Gasteiger partial charge >= 0.3 is 0 Å². The van der Waals surface area contributed by atoms with Crippen molar-refractivity contribution in [3.8, 4) is 0 Å². The molecule has 0 bridgehead atoms. The highest BCUT2D eigenvalue weighted by atomic mass is 32.2. The van der Waals surface area contributed by atoms with Crippen LogP contribution < -0.4 is 4.72 Å². The number of nitrogens with zero attached hydrogens (tertiary/aromatic N) is 1. The molecule has 1 saturated heterocycles. The van der Waals surface area contributed by atoms with Crippen LogP contribution in [-0.4, -0.2) is 44.6 Å². The quantitative estimate of drug-likeness (QED) is 0.850. The Hall–Kier alpha value is -1.73. The van der Waals surface area contributed by atoms with Crippen molar-refractivity contribution >= 4 is 22.0 Å². The fourth-order valence-corrected chi connectivity index (χ4v) is 3.26. The smallest absolute Gasteiger partial charge is 0.246 e. The summed E-state index contributed by atoms with van der Waals surface area (Å²) in [5.41, 5.74) is 0.608. The van der Waals surface area contributed by atoms with Gasteiger partial charge < -0.3 is 4.90 Å². The number of benzene rings is 1. The van der Waals surface area contributed by atoms with Crippen molar-refractivity contribution in [3.05, 3.63) is 41.7 Å². The van der Waals surface area contributed by atoms with Crippen LogP contribution in [0.3, 0.4) is 0 Å². The molecule has 1 N–H and O–H groups in total. The number of hydrogen-bond acceptors (Lipinski definition) is 3. The monoisotopic (exact) mass is 326 g/mol. The van der Waals surface area contributed by atoms with Crippen LogP contribution in [0.4, 0.5) is 4.39 Å². The third-order valence-corrected chi connectivity index (χ3v) is 4.14. The lowest BCUT2D eigenvalue weighted by atomic mass is 10.1. The second-order valence-electron chi connectivity index (χ2n) is 5.40. The standard InChI is InChI=1S/C15H19FN2O3S/c1-22(20,21)17-14-6-3-9-18(11-14)15(19)8-7-12-4-2-5-13(16)10-12/h2,4-5,7-8,10,14,17H,3,6,9,11H2,1H3/b8-7-/t14-/m0/s1. The molecular formula is C15H19FN2O3S. The average molecular weight is 326 g/mol. The summed E-state index contributed by atoms with van der Waals surface area (Å²) in [6.45, 7) is 0.938. The number of carbonyl (C=O) groups excluding carboxylic acids is 1. The third-order valence-electron chi connectivity index (χ3n) is 3.38. The van der Waals surface area contributed by atoms with E-state index in [-0.39, 0.29) is 17.8 Å². The summed E-state index contributed by atoms with van der Waals surface area (Å²) in [4.78, 5) is 13.7. The molecule has 1 fully saturated rings. The van der Waals surface area contributed by atoms with Gasteiger partial charge in [0.05, 0.1) is 6.26 Å². The lowest BCUT2D eigenvalue weighted by Gasteiger charge is -2.32. The van der Waals surface area contributed by atoms with Gasteiger partial charge in [0.15, 0.2) is 0 Å². The molecule has 2 rings (SSSR count). The van der Waals surface area contributed by atoms with Gasteiger partial charge in [-0.15, -0.1) is 0 Å². The molecule has 0 aliphatic carbocycles. The molecule has 0 unspecified atom stereocenters. The van der Waals surface area contributed by atoms with E-state index in [9.17, 15) is 17.6 Å². The summed E-state index contributed by atoms with van der Waals surface area (Å²) in [6, 6.07) is 5.71. The first-order valence-corrected chi connectivity index (χ1v) is 8.92. The second kappa shape index (κ2) is 7.02. The SMILES string of the molecule is CS(=O)(=O)N[C@H]1CCCN(C(=O)/C=C\c2cccc(F)c2)C1. The van der Waals surface area contributed by atoms with E-state index in [0.29, 0.717) is 25.1 Å². The molecule has 1 amide bonds. The summed E-state index contributed by atoms with van der Waals surface area (Å²) < 4.78 is 38.1. The first kappa shape index (κ1) is 16.6. The molecule has 1 aliphatic heterocycles.